The first-order valence-corrected chi connectivity index (χ1v) is 9.77. The minimum Gasteiger partial charge on any atom is -0.467 e. The molecule has 0 saturated heterocycles. The van der Waals surface area contributed by atoms with Crippen LogP contribution in [0.3, 0.4) is 0 Å². The topological polar surface area (TPSA) is 115 Å². The third-order valence-corrected chi connectivity index (χ3v) is 4.70. The van der Waals surface area contributed by atoms with E-state index < -0.39 is 24.5 Å². The second kappa shape index (κ2) is 9.94. The fourth-order valence-electron chi connectivity index (χ4n) is 2.75. The number of aryl methyl sites for hydroxylation is 2. The van der Waals surface area contributed by atoms with Crippen LogP contribution in [0.2, 0.25) is 5.15 Å². The zero-order valence-corrected chi connectivity index (χ0v) is 17.7. The van der Waals surface area contributed by atoms with E-state index in [0.29, 0.717) is 18.0 Å². The van der Waals surface area contributed by atoms with Crippen LogP contribution in [0.5, 0.6) is 0 Å². The number of nitrogens with zero attached hydrogens (tertiary/aromatic N) is 2. The molecule has 0 saturated carbocycles. The van der Waals surface area contributed by atoms with Crippen molar-refractivity contribution in [3.05, 3.63) is 76.0 Å². The Balaban J connectivity index is 1.52. The lowest BCUT2D eigenvalue weighted by atomic mass is 10.1. The summed E-state index contributed by atoms with van der Waals surface area (Å²) in [6.07, 6.45) is 1.47. The van der Waals surface area contributed by atoms with Gasteiger partial charge in [0.25, 0.3) is 5.91 Å². The Labute approximate surface area is 183 Å². The summed E-state index contributed by atoms with van der Waals surface area (Å²) in [5.41, 5.74) is 2.54. The van der Waals surface area contributed by atoms with E-state index in [1.54, 1.807) is 19.1 Å². The molecule has 0 bridgehead atoms. The highest BCUT2D eigenvalue weighted by Crippen LogP contribution is 2.22. The third kappa shape index (κ3) is 5.95. The van der Waals surface area contributed by atoms with Gasteiger partial charge in [0, 0.05) is 0 Å². The van der Waals surface area contributed by atoms with Gasteiger partial charge in [-0.3, -0.25) is 10.1 Å². The second-order valence-electron chi connectivity index (χ2n) is 6.78. The van der Waals surface area contributed by atoms with Gasteiger partial charge >= 0.3 is 12.0 Å². The number of aromatic nitrogens is 2. The van der Waals surface area contributed by atoms with E-state index in [0.717, 1.165) is 11.1 Å². The summed E-state index contributed by atoms with van der Waals surface area (Å²) in [5.74, 6) is -1.06. The van der Waals surface area contributed by atoms with Crippen molar-refractivity contribution < 1.29 is 23.5 Å². The number of nitrogens with one attached hydrogen (secondary N) is 2. The Bertz CT molecular complexity index is 1070. The zero-order chi connectivity index (χ0) is 22.4. The standard InChI is InChI=1S/C21H21ClN4O5/c1-13-5-7-15(8-6-13)11-26-19(22)18(14(2)25-26)20(28)31-12-17(27)24-21(29)23-10-16-4-3-9-30-16/h3-9H,10-12H2,1-2H3,(H2,23,24,27,29). The van der Waals surface area contributed by atoms with Crippen LogP contribution in [-0.4, -0.2) is 34.3 Å². The molecule has 0 spiro atoms. The molecule has 1 aromatic carbocycles. The number of furan rings is 1. The molecule has 31 heavy (non-hydrogen) atoms. The summed E-state index contributed by atoms with van der Waals surface area (Å²) in [6.45, 7) is 3.45. The number of halogens is 1. The molecule has 0 aliphatic carbocycles. The average molecular weight is 445 g/mol. The number of amides is 3. The van der Waals surface area contributed by atoms with Crippen molar-refractivity contribution in [1.82, 2.24) is 20.4 Å². The predicted molar refractivity (Wildman–Crippen MR) is 112 cm³/mol. The zero-order valence-electron chi connectivity index (χ0n) is 17.0. The van der Waals surface area contributed by atoms with Crippen LogP contribution >= 0.6 is 11.6 Å². The average Bonchev–Trinajstić information content (AvgIpc) is 3.34. The predicted octanol–water partition coefficient (Wildman–Crippen LogP) is 2.98. The van der Waals surface area contributed by atoms with Gasteiger partial charge in [-0.1, -0.05) is 41.4 Å². The van der Waals surface area contributed by atoms with Gasteiger partial charge < -0.3 is 14.5 Å². The summed E-state index contributed by atoms with van der Waals surface area (Å²) in [5, 5.41) is 8.90. The monoisotopic (exact) mass is 444 g/mol. The number of urea groups is 1. The number of benzene rings is 1. The van der Waals surface area contributed by atoms with E-state index in [9.17, 15) is 14.4 Å². The van der Waals surface area contributed by atoms with Crippen molar-refractivity contribution in [3.8, 4) is 0 Å². The quantitative estimate of drug-likeness (QED) is 0.541. The van der Waals surface area contributed by atoms with Crippen molar-refractivity contribution >= 4 is 29.5 Å². The number of imide groups is 1. The molecule has 0 atom stereocenters. The number of esters is 1. The van der Waals surface area contributed by atoms with E-state index in [-0.39, 0.29) is 17.3 Å². The highest BCUT2D eigenvalue weighted by Gasteiger charge is 2.23. The number of rotatable bonds is 7. The number of carbonyl (C=O) groups excluding carboxylic acids is 3. The highest BCUT2D eigenvalue weighted by molar-refractivity contribution is 6.32. The van der Waals surface area contributed by atoms with Gasteiger partial charge in [0.1, 0.15) is 16.5 Å². The summed E-state index contributed by atoms with van der Waals surface area (Å²) >= 11 is 6.32. The third-order valence-electron chi connectivity index (χ3n) is 4.31. The first-order chi connectivity index (χ1) is 14.8. The van der Waals surface area contributed by atoms with Crippen LogP contribution in [0.15, 0.2) is 47.1 Å². The maximum atomic E-state index is 12.4. The van der Waals surface area contributed by atoms with Crippen LogP contribution in [0, 0.1) is 13.8 Å². The lowest BCUT2D eigenvalue weighted by Crippen LogP contribution is -2.41. The largest absolute Gasteiger partial charge is 0.467 e. The molecule has 3 aromatic rings. The molecule has 2 heterocycles. The van der Waals surface area contributed by atoms with Gasteiger partial charge in [-0.2, -0.15) is 5.10 Å². The fourth-order valence-corrected chi connectivity index (χ4v) is 3.06. The van der Waals surface area contributed by atoms with Crippen molar-refractivity contribution in [2.75, 3.05) is 6.61 Å². The van der Waals surface area contributed by atoms with E-state index in [1.807, 2.05) is 31.2 Å². The van der Waals surface area contributed by atoms with Gasteiger partial charge in [0.2, 0.25) is 0 Å². The minimum absolute atomic E-state index is 0.0730. The Morgan fingerprint density at radius 3 is 2.58 bits per heavy atom. The van der Waals surface area contributed by atoms with Crippen LogP contribution in [-0.2, 0) is 22.6 Å². The molecule has 3 amide bonds. The van der Waals surface area contributed by atoms with Crippen molar-refractivity contribution in [1.29, 1.82) is 0 Å². The molecule has 10 heteroatoms. The van der Waals surface area contributed by atoms with Crippen LogP contribution in [0.1, 0.15) is 32.9 Å². The second-order valence-corrected chi connectivity index (χ2v) is 7.14. The molecule has 3 rings (SSSR count). The van der Waals surface area contributed by atoms with Gasteiger partial charge in [-0.05, 0) is 31.5 Å². The maximum absolute atomic E-state index is 12.4. The summed E-state index contributed by atoms with van der Waals surface area (Å²) in [7, 11) is 0. The Morgan fingerprint density at radius 2 is 1.90 bits per heavy atom. The number of carbonyl (C=O) groups is 3. The van der Waals surface area contributed by atoms with Crippen LogP contribution in [0.4, 0.5) is 4.79 Å². The number of ether oxygens (including phenoxy) is 1. The SMILES string of the molecule is Cc1ccc(Cn2nc(C)c(C(=O)OCC(=O)NC(=O)NCc3ccco3)c2Cl)cc1. The first-order valence-electron chi connectivity index (χ1n) is 9.39. The lowest BCUT2D eigenvalue weighted by molar-refractivity contribution is -0.123. The number of hydrogen-bond acceptors (Lipinski definition) is 6. The van der Waals surface area contributed by atoms with Crippen molar-refractivity contribution in [3.63, 3.8) is 0 Å². The van der Waals surface area contributed by atoms with Gasteiger partial charge in [0.15, 0.2) is 6.61 Å². The van der Waals surface area contributed by atoms with Crippen LogP contribution in [0.25, 0.3) is 0 Å². The summed E-state index contributed by atoms with van der Waals surface area (Å²) in [6, 6.07) is 10.4. The van der Waals surface area contributed by atoms with Crippen molar-refractivity contribution in [2.45, 2.75) is 26.9 Å². The molecule has 0 unspecified atom stereocenters. The molecular weight excluding hydrogens is 424 g/mol. The molecule has 0 aliphatic heterocycles. The van der Waals surface area contributed by atoms with Crippen molar-refractivity contribution in [2.24, 2.45) is 0 Å². The Morgan fingerprint density at radius 1 is 1.16 bits per heavy atom. The molecule has 0 fully saturated rings. The van der Waals surface area contributed by atoms with E-state index in [1.165, 1.54) is 10.9 Å². The molecular formula is C21H21ClN4O5. The van der Waals surface area contributed by atoms with Gasteiger partial charge in [-0.15, -0.1) is 0 Å². The molecule has 0 aliphatic rings. The maximum Gasteiger partial charge on any atom is 0.343 e. The molecule has 2 N–H and O–H groups in total. The Kier molecular flexibility index (Phi) is 7.09. The summed E-state index contributed by atoms with van der Waals surface area (Å²) < 4.78 is 11.5. The smallest absolute Gasteiger partial charge is 0.343 e. The normalized spacial score (nSPS) is 10.5. The fraction of sp³-hybridized carbons (Fsp3) is 0.238. The molecule has 162 valence electrons. The Hall–Kier alpha value is -3.59. The number of hydrogen-bond donors (Lipinski definition) is 2. The molecule has 2 aromatic heterocycles. The van der Waals surface area contributed by atoms with E-state index >= 15 is 0 Å². The van der Waals surface area contributed by atoms with E-state index in [2.05, 4.69) is 15.7 Å². The molecule has 9 nitrogen and oxygen atoms in total. The minimum atomic E-state index is -0.802. The molecule has 0 radical (unpaired) electrons. The van der Waals surface area contributed by atoms with E-state index in [4.69, 9.17) is 20.8 Å². The summed E-state index contributed by atoms with van der Waals surface area (Å²) in [4.78, 5) is 36.0. The van der Waals surface area contributed by atoms with Gasteiger partial charge in [-0.25, -0.2) is 14.3 Å². The first kappa shape index (κ1) is 22.1. The van der Waals surface area contributed by atoms with Gasteiger partial charge in [0.05, 0.1) is 25.0 Å². The lowest BCUT2D eigenvalue weighted by Gasteiger charge is -2.07. The highest BCUT2D eigenvalue weighted by atomic mass is 35.5. The van der Waals surface area contributed by atoms with Crippen LogP contribution < -0.4 is 10.6 Å².